The topological polar surface area (TPSA) is 75.6 Å². The molecule has 0 bridgehead atoms. The van der Waals surface area contributed by atoms with E-state index in [1.165, 1.54) is 25.3 Å². The first-order valence-electron chi connectivity index (χ1n) is 6.95. The van der Waals surface area contributed by atoms with Gasteiger partial charge in [0.25, 0.3) is 0 Å². The van der Waals surface area contributed by atoms with Gasteiger partial charge in [0.1, 0.15) is 0 Å². The van der Waals surface area contributed by atoms with Crippen molar-refractivity contribution in [3.8, 4) is 0 Å². The van der Waals surface area contributed by atoms with Gasteiger partial charge in [0, 0.05) is 13.0 Å². The first-order chi connectivity index (χ1) is 10.8. The molecule has 0 saturated heterocycles. The molecule has 1 saturated carbocycles. The summed E-state index contributed by atoms with van der Waals surface area (Å²) in [6.45, 7) is -0.227. The van der Waals surface area contributed by atoms with Gasteiger partial charge in [0.05, 0.1) is 12.1 Å². The Hall–Kier alpha value is -2.09. The molecule has 0 aromatic heterocycles. The van der Waals surface area contributed by atoms with E-state index in [2.05, 4.69) is 10.1 Å². The second kappa shape index (κ2) is 6.57. The number of carboxylic acids is 1. The second-order valence-electron chi connectivity index (χ2n) is 5.34. The van der Waals surface area contributed by atoms with Gasteiger partial charge in [-0.25, -0.2) is 4.79 Å². The average molecular weight is 331 g/mol. The molecule has 0 spiro atoms. The van der Waals surface area contributed by atoms with Crippen LogP contribution in [0.2, 0.25) is 0 Å². The van der Waals surface area contributed by atoms with Crippen LogP contribution in [0.15, 0.2) is 24.3 Å². The maximum absolute atomic E-state index is 13.0. The number of carbonyl (C=O) groups excluding carboxylic acids is 1. The number of amides is 1. The Kier molecular flexibility index (Phi) is 4.93. The molecular weight excluding hydrogens is 315 g/mol. The number of rotatable bonds is 6. The van der Waals surface area contributed by atoms with Crippen LogP contribution < -0.4 is 5.32 Å². The first kappa shape index (κ1) is 17.3. The molecule has 3 atom stereocenters. The van der Waals surface area contributed by atoms with Crippen molar-refractivity contribution in [3.05, 3.63) is 35.4 Å². The van der Waals surface area contributed by atoms with Gasteiger partial charge in [-0.3, -0.25) is 4.79 Å². The molecule has 1 aromatic rings. The van der Waals surface area contributed by atoms with E-state index in [0.717, 1.165) is 6.07 Å². The lowest BCUT2D eigenvalue weighted by Crippen LogP contribution is -2.38. The Balaban J connectivity index is 2.00. The number of carbonyl (C=O) groups is 2. The van der Waals surface area contributed by atoms with E-state index in [0.29, 0.717) is 6.42 Å². The third kappa shape index (κ3) is 4.01. The molecule has 8 heteroatoms. The van der Waals surface area contributed by atoms with Crippen LogP contribution in [0.25, 0.3) is 0 Å². The second-order valence-corrected chi connectivity index (χ2v) is 5.34. The molecule has 23 heavy (non-hydrogen) atoms. The normalized spacial score (nSPS) is 21.6. The fraction of sp³-hybridized carbons (Fsp3) is 0.467. The highest BCUT2D eigenvalue weighted by molar-refractivity contribution is 5.83. The lowest BCUT2D eigenvalue weighted by atomic mass is 10.0. The quantitative estimate of drug-likeness (QED) is 0.836. The number of nitrogens with one attached hydrogen (secondary N) is 1. The highest BCUT2D eigenvalue weighted by atomic mass is 19.4. The smallest absolute Gasteiger partial charge is 0.416 e. The molecule has 1 aliphatic rings. The van der Waals surface area contributed by atoms with Crippen molar-refractivity contribution in [2.45, 2.75) is 24.6 Å². The highest BCUT2D eigenvalue weighted by Gasteiger charge is 2.47. The number of ether oxygens (including phenoxy) is 1. The Bertz CT molecular complexity index is 603. The van der Waals surface area contributed by atoms with E-state index in [9.17, 15) is 22.8 Å². The van der Waals surface area contributed by atoms with Crippen molar-refractivity contribution in [2.75, 3.05) is 13.7 Å². The van der Waals surface area contributed by atoms with Crippen LogP contribution in [0, 0.1) is 5.92 Å². The third-order valence-electron chi connectivity index (χ3n) is 3.81. The zero-order valence-electron chi connectivity index (χ0n) is 12.3. The van der Waals surface area contributed by atoms with Gasteiger partial charge in [-0.05, 0) is 24.0 Å². The first-order valence-corrected chi connectivity index (χ1v) is 6.95. The van der Waals surface area contributed by atoms with Crippen LogP contribution in [0.5, 0.6) is 0 Å². The highest BCUT2D eigenvalue weighted by Crippen LogP contribution is 2.50. The number of alkyl halides is 3. The molecule has 1 amide bonds. The largest absolute Gasteiger partial charge is 0.479 e. The van der Waals surface area contributed by atoms with Gasteiger partial charge in [0.15, 0.2) is 6.10 Å². The maximum atomic E-state index is 13.0. The van der Waals surface area contributed by atoms with Crippen molar-refractivity contribution in [1.29, 1.82) is 0 Å². The fourth-order valence-electron chi connectivity index (χ4n) is 2.50. The average Bonchev–Trinajstić information content (AvgIpc) is 3.27. The predicted molar refractivity (Wildman–Crippen MR) is 73.7 cm³/mol. The summed E-state index contributed by atoms with van der Waals surface area (Å²) in [5, 5.41) is 11.2. The van der Waals surface area contributed by atoms with Crippen molar-refractivity contribution >= 4 is 11.9 Å². The Labute approximate surface area is 130 Å². The van der Waals surface area contributed by atoms with Gasteiger partial charge in [0.2, 0.25) is 5.91 Å². The summed E-state index contributed by atoms with van der Waals surface area (Å²) in [6.07, 6.45) is -5.34. The molecule has 126 valence electrons. The van der Waals surface area contributed by atoms with E-state index >= 15 is 0 Å². The minimum atomic E-state index is -4.47. The van der Waals surface area contributed by atoms with E-state index < -0.39 is 41.6 Å². The molecule has 1 aromatic carbocycles. The Morgan fingerprint density at radius 3 is 2.61 bits per heavy atom. The Morgan fingerprint density at radius 1 is 1.39 bits per heavy atom. The van der Waals surface area contributed by atoms with Gasteiger partial charge >= 0.3 is 12.1 Å². The number of halogens is 3. The number of hydrogen-bond donors (Lipinski definition) is 2. The minimum Gasteiger partial charge on any atom is -0.479 e. The van der Waals surface area contributed by atoms with Gasteiger partial charge in [-0.1, -0.05) is 18.2 Å². The van der Waals surface area contributed by atoms with Gasteiger partial charge in [-0.2, -0.15) is 13.2 Å². The molecule has 3 unspecified atom stereocenters. The summed E-state index contributed by atoms with van der Waals surface area (Å²) in [5.74, 6) is -2.76. The van der Waals surface area contributed by atoms with Crippen molar-refractivity contribution in [3.63, 3.8) is 0 Å². The van der Waals surface area contributed by atoms with Crippen LogP contribution in [-0.2, 0) is 20.5 Å². The maximum Gasteiger partial charge on any atom is 0.416 e. The lowest BCUT2D eigenvalue weighted by molar-refractivity contribution is -0.148. The molecule has 0 aliphatic heterocycles. The van der Waals surface area contributed by atoms with E-state index in [4.69, 9.17) is 5.11 Å². The molecule has 5 nitrogen and oxygen atoms in total. The van der Waals surface area contributed by atoms with Crippen LogP contribution in [-0.4, -0.2) is 36.7 Å². The molecule has 1 fully saturated rings. The van der Waals surface area contributed by atoms with Crippen LogP contribution in [0.4, 0.5) is 13.2 Å². The monoisotopic (exact) mass is 331 g/mol. The molecule has 0 radical (unpaired) electrons. The van der Waals surface area contributed by atoms with Crippen molar-refractivity contribution in [2.24, 2.45) is 5.92 Å². The van der Waals surface area contributed by atoms with E-state index in [1.807, 2.05) is 0 Å². The standard InChI is InChI=1S/C15H16F3NO4/c1-23-12(14(21)22)7-19-13(20)10-6-9(10)8-4-2-3-5-11(8)15(16,17)18/h2-5,9-10,12H,6-7H2,1H3,(H,19,20)(H,21,22). The SMILES string of the molecule is COC(CNC(=O)C1CC1c1ccccc1C(F)(F)F)C(=O)O. The van der Waals surface area contributed by atoms with E-state index in [1.54, 1.807) is 0 Å². The summed E-state index contributed by atoms with van der Waals surface area (Å²) in [4.78, 5) is 22.7. The van der Waals surface area contributed by atoms with Crippen LogP contribution in [0.3, 0.4) is 0 Å². The van der Waals surface area contributed by atoms with Crippen molar-refractivity contribution < 1.29 is 32.6 Å². The van der Waals surface area contributed by atoms with Gasteiger partial charge in [-0.15, -0.1) is 0 Å². The molecule has 1 aliphatic carbocycles. The summed E-state index contributed by atoms with van der Waals surface area (Å²) in [6, 6.07) is 5.17. The number of benzene rings is 1. The molecular formula is C15H16F3NO4. The number of aliphatic carboxylic acids is 1. The molecule has 2 N–H and O–H groups in total. The third-order valence-corrected chi connectivity index (χ3v) is 3.81. The van der Waals surface area contributed by atoms with Gasteiger partial charge < -0.3 is 15.2 Å². The summed E-state index contributed by atoms with van der Waals surface area (Å²) in [5.41, 5.74) is -0.637. The fourth-order valence-corrected chi connectivity index (χ4v) is 2.50. The lowest BCUT2D eigenvalue weighted by Gasteiger charge is -2.13. The van der Waals surface area contributed by atoms with Crippen LogP contribution in [0.1, 0.15) is 23.5 Å². The number of hydrogen-bond acceptors (Lipinski definition) is 3. The summed E-state index contributed by atoms with van der Waals surface area (Å²) in [7, 11) is 1.20. The summed E-state index contributed by atoms with van der Waals surface area (Å²) < 4.78 is 43.6. The van der Waals surface area contributed by atoms with E-state index in [-0.39, 0.29) is 12.1 Å². The number of methoxy groups -OCH3 is 1. The number of carboxylic acid groups (broad SMARTS) is 1. The van der Waals surface area contributed by atoms with Crippen molar-refractivity contribution in [1.82, 2.24) is 5.32 Å². The van der Waals surface area contributed by atoms with Crippen LogP contribution >= 0.6 is 0 Å². The predicted octanol–water partition coefficient (Wildman–Crippen LogP) is 2.02. The zero-order chi connectivity index (χ0) is 17.2. The zero-order valence-corrected chi connectivity index (χ0v) is 12.3. The Morgan fingerprint density at radius 2 is 2.04 bits per heavy atom. The summed E-state index contributed by atoms with van der Waals surface area (Å²) >= 11 is 0. The molecule has 0 heterocycles. The minimum absolute atomic E-state index is 0.0988. The molecule has 2 rings (SSSR count).